The highest BCUT2D eigenvalue weighted by atomic mass is 19.1. The molecule has 0 saturated heterocycles. The number of benzene rings is 1. The summed E-state index contributed by atoms with van der Waals surface area (Å²) < 4.78 is 36.3. The maximum absolute atomic E-state index is 12.9. The molecule has 0 spiro atoms. The lowest BCUT2D eigenvalue weighted by Gasteiger charge is -2.14. The predicted octanol–water partition coefficient (Wildman–Crippen LogP) is 2.18. The molecule has 0 fully saturated rings. The topological polar surface area (TPSA) is 50.7 Å². The van der Waals surface area contributed by atoms with Crippen LogP contribution in [-0.4, -0.2) is 43.7 Å². The summed E-state index contributed by atoms with van der Waals surface area (Å²) in [7, 11) is 0. The van der Waals surface area contributed by atoms with E-state index in [4.69, 9.17) is 9.47 Å². The Hall–Kier alpha value is -1.24. The number of rotatable bonds is 9. The zero-order valence-electron chi connectivity index (χ0n) is 11.7. The highest BCUT2D eigenvalue weighted by Crippen LogP contribution is 2.12. The maximum atomic E-state index is 12.9. The third-order valence-corrected chi connectivity index (χ3v) is 2.39. The molecular formula is C14H21F2NO3. The number of aliphatic hydroxyl groups is 1. The molecule has 20 heavy (non-hydrogen) atoms. The number of halogens is 2. The number of nitrogens with one attached hydrogen (secondary N) is 1. The highest BCUT2D eigenvalue weighted by Gasteiger charge is 2.06. The molecule has 114 valence electrons. The second kappa shape index (κ2) is 8.84. The fourth-order valence-electron chi connectivity index (χ4n) is 1.51. The summed E-state index contributed by atoms with van der Waals surface area (Å²) in [5, 5.41) is 12.4. The van der Waals surface area contributed by atoms with Crippen molar-refractivity contribution in [2.75, 3.05) is 31.7 Å². The van der Waals surface area contributed by atoms with E-state index in [0.717, 1.165) is 18.2 Å². The van der Waals surface area contributed by atoms with Crippen molar-refractivity contribution < 1.29 is 23.4 Å². The molecule has 0 saturated carbocycles. The number of anilines is 1. The van der Waals surface area contributed by atoms with E-state index in [1.54, 1.807) is 0 Å². The summed E-state index contributed by atoms with van der Waals surface area (Å²) >= 11 is 0. The van der Waals surface area contributed by atoms with E-state index in [1.165, 1.54) is 0 Å². The van der Waals surface area contributed by atoms with Gasteiger partial charge in [-0.3, -0.25) is 0 Å². The average molecular weight is 289 g/mol. The van der Waals surface area contributed by atoms with Crippen LogP contribution >= 0.6 is 0 Å². The molecule has 0 amide bonds. The standard InChI is InChI=1S/C14H21F2NO3/c1-10(2)20-4-3-19-9-14(18)8-17-13-6-11(15)5-12(16)7-13/h5-7,10,14,17-18H,3-4,8-9H2,1-2H3. The summed E-state index contributed by atoms with van der Waals surface area (Å²) in [6.45, 7) is 4.99. The lowest BCUT2D eigenvalue weighted by molar-refractivity contribution is -0.00734. The van der Waals surface area contributed by atoms with Gasteiger partial charge in [-0.25, -0.2) is 8.78 Å². The van der Waals surface area contributed by atoms with Gasteiger partial charge in [0.05, 0.1) is 32.0 Å². The fraction of sp³-hybridized carbons (Fsp3) is 0.571. The first-order valence-corrected chi connectivity index (χ1v) is 6.54. The van der Waals surface area contributed by atoms with Crippen molar-refractivity contribution in [1.29, 1.82) is 0 Å². The van der Waals surface area contributed by atoms with Gasteiger partial charge < -0.3 is 19.9 Å². The van der Waals surface area contributed by atoms with Crippen LogP contribution in [0.25, 0.3) is 0 Å². The third-order valence-electron chi connectivity index (χ3n) is 2.39. The molecule has 1 unspecified atom stereocenters. The minimum Gasteiger partial charge on any atom is -0.389 e. The quantitative estimate of drug-likeness (QED) is 0.684. The van der Waals surface area contributed by atoms with Gasteiger partial charge in [0.2, 0.25) is 0 Å². The average Bonchev–Trinajstić information content (AvgIpc) is 2.34. The van der Waals surface area contributed by atoms with Gasteiger partial charge in [-0.15, -0.1) is 0 Å². The predicted molar refractivity (Wildman–Crippen MR) is 72.8 cm³/mol. The van der Waals surface area contributed by atoms with Gasteiger partial charge in [-0.1, -0.05) is 0 Å². The second-order valence-electron chi connectivity index (χ2n) is 4.69. The van der Waals surface area contributed by atoms with E-state index in [-0.39, 0.29) is 24.9 Å². The van der Waals surface area contributed by atoms with Crippen molar-refractivity contribution in [3.05, 3.63) is 29.8 Å². The summed E-state index contributed by atoms with van der Waals surface area (Å²) in [5.41, 5.74) is 0.282. The van der Waals surface area contributed by atoms with E-state index in [1.807, 2.05) is 13.8 Å². The highest BCUT2D eigenvalue weighted by molar-refractivity contribution is 5.43. The second-order valence-corrected chi connectivity index (χ2v) is 4.69. The molecule has 0 bridgehead atoms. The minimum atomic E-state index is -0.764. The number of hydrogen-bond donors (Lipinski definition) is 2. The molecule has 1 rings (SSSR count). The molecule has 0 heterocycles. The Morgan fingerprint density at radius 2 is 1.80 bits per heavy atom. The molecule has 0 aliphatic heterocycles. The Bertz CT molecular complexity index is 382. The lowest BCUT2D eigenvalue weighted by Crippen LogP contribution is -2.26. The summed E-state index contributed by atoms with van der Waals surface area (Å²) in [5.74, 6) is -1.33. The summed E-state index contributed by atoms with van der Waals surface area (Å²) in [4.78, 5) is 0. The smallest absolute Gasteiger partial charge is 0.128 e. The van der Waals surface area contributed by atoms with Crippen LogP contribution in [0.1, 0.15) is 13.8 Å². The molecule has 6 heteroatoms. The van der Waals surface area contributed by atoms with E-state index in [0.29, 0.717) is 13.2 Å². The summed E-state index contributed by atoms with van der Waals surface area (Å²) in [6.07, 6.45) is -0.617. The Balaban J connectivity index is 2.17. The zero-order valence-corrected chi connectivity index (χ0v) is 11.7. The normalized spacial score (nSPS) is 12.7. The first-order valence-electron chi connectivity index (χ1n) is 6.54. The molecule has 2 N–H and O–H groups in total. The molecule has 1 atom stereocenters. The van der Waals surface area contributed by atoms with Crippen molar-refractivity contribution in [1.82, 2.24) is 0 Å². The monoisotopic (exact) mass is 289 g/mol. The molecule has 0 aliphatic carbocycles. The Kier molecular flexibility index (Phi) is 7.43. The van der Waals surface area contributed by atoms with Crippen LogP contribution in [0.4, 0.5) is 14.5 Å². The summed E-state index contributed by atoms with van der Waals surface area (Å²) in [6, 6.07) is 3.11. The molecule has 0 aliphatic rings. The molecule has 1 aromatic carbocycles. The van der Waals surface area contributed by atoms with Gasteiger partial charge in [0.15, 0.2) is 0 Å². The SMILES string of the molecule is CC(C)OCCOCC(O)CNc1cc(F)cc(F)c1. The van der Waals surface area contributed by atoms with Crippen LogP contribution < -0.4 is 5.32 Å². The van der Waals surface area contributed by atoms with Crippen molar-refractivity contribution in [3.8, 4) is 0 Å². The molecule has 0 aromatic heterocycles. The van der Waals surface area contributed by atoms with Crippen molar-refractivity contribution >= 4 is 5.69 Å². The molecular weight excluding hydrogens is 268 g/mol. The minimum absolute atomic E-state index is 0.131. The van der Waals surface area contributed by atoms with E-state index < -0.39 is 17.7 Å². The largest absolute Gasteiger partial charge is 0.389 e. The number of hydrogen-bond acceptors (Lipinski definition) is 4. The van der Waals surface area contributed by atoms with Crippen LogP contribution in [-0.2, 0) is 9.47 Å². The Morgan fingerprint density at radius 3 is 2.40 bits per heavy atom. The van der Waals surface area contributed by atoms with Crippen molar-refractivity contribution in [2.24, 2.45) is 0 Å². The fourth-order valence-corrected chi connectivity index (χ4v) is 1.51. The van der Waals surface area contributed by atoms with Crippen molar-refractivity contribution in [3.63, 3.8) is 0 Å². The van der Waals surface area contributed by atoms with Gasteiger partial charge in [-0.2, -0.15) is 0 Å². The van der Waals surface area contributed by atoms with Crippen LogP contribution in [0.2, 0.25) is 0 Å². The molecule has 1 aromatic rings. The van der Waals surface area contributed by atoms with Gasteiger partial charge in [0, 0.05) is 18.3 Å². The lowest BCUT2D eigenvalue weighted by atomic mass is 10.3. The van der Waals surface area contributed by atoms with E-state index >= 15 is 0 Å². The zero-order chi connectivity index (χ0) is 15.0. The Morgan fingerprint density at radius 1 is 1.15 bits per heavy atom. The van der Waals surface area contributed by atoms with Crippen LogP contribution in [0.3, 0.4) is 0 Å². The van der Waals surface area contributed by atoms with Gasteiger partial charge in [-0.05, 0) is 26.0 Å². The van der Waals surface area contributed by atoms with Crippen LogP contribution in [0, 0.1) is 11.6 Å². The molecule has 4 nitrogen and oxygen atoms in total. The van der Waals surface area contributed by atoms with Gasteiger partial charge in [0.1, 0.15) is 11.6 Å². The molecule has 0 radical (unpaired) electrons. The van der Waals surface area contributed by atoms with Crippen molar-refractivity contribution in [2.45, 2.75) is 26.1 Å². The van der Waals surface area contributed by atoms with E-state index in [9.17, 15) is 13.9 Å². The third kappa shape index (κ3) is 7.37. The Labute approximate surface area is 117 Å². The van der Waals surface area contributed by atoms with Crippen LogP contribution in [0.15, 0.2) is 18.2 Å². The van der Waals surface area contributed by atoms with Gasteiger partial charge >= 0.3 is 0 Å². The maximum Gasteiger partial charge on any atom is 0.128 e. The first-order chi connectivity index (χ1) is 9.47. The number of aliphatic hydroxyl groups excluding tert-OH is 1. The van der Waals surface area contributed by atoms with Crippen LogP contribution in [0.5, 0.6) is 0 Å². The number of ether oxygens (including phenoxy) is 2. The first kappa shape index (κ1) is 16.8. The van der Waals surface area contributed by atoms with Gasteiger partial charge in [0.25, 0.3) is 0 Å². The van der Waals surface area contributed by atoms with E-state index in [2.05, 4.69) is 5.32 Å².